The minimum atomic E-state index is -0.635. The Morgan fingerprint density at radius 3 is 2.50 bits per heavy atom. The number of hydrogen-bond acceptors (Lipinski definition) is 4. The Morgan fingerprint density at radius 2 is 1.96 bits per heavy atom. The van der Waals surface area contributed by atoms with Crippen LogP contribution in [0.1, 0.15) is 35.4 Å². The zero-order valence-electron chi connectivity index (χ0n) is 17.6. The van der Waals surface area contributed by atoms with Gasteiger partial charge in [-0.1, -0.05) is 30.3 Å². The fourth-order valence-corrected chi connectivity index (χ4v) is 4.56. The van der Waals surface area contributed by atoms with Crippen molar-refractivity contribution < 1.29 is 9.90 Å². The first-order chi connectivity index (χ1) is 13.3. The lowest BCUT2D eigenvalue weighted by molar-refractivity contribution is -0.140. The average molecular weight is 385 g/mol. The summed E-state index contributed by atoms with van der Waals surface area (Å²) in [5, 5.41) is 15.5. The minimum Gasteiger partial charge on any atom is -0.389 e. The van der Waals surface area contributed by atoms with E-state index in [4.69, 9.17) is 0 Å². The lowest BCUT2D eigenvalue weighted by Crippen LogP contribution is -2.60. The fraction of sp³-hybridized carbons (Fsp3) is 0.545. The van der Waals surface area contributed by atoms with Crippen LogP contribution < -0.4 is 0 Å². The predicted octanol–water partition coefficient (Wildman–Crippen LogP) is 2.02. The normalized spacial score (nSPS) is 22.7. The van der Waals surface area contributed by atoms with Gasteiger partial charge in [-0.15, -0.1) is 0 Å². The van der Waals surface area contributed by atoms with Crippen LogP contribution in [0.4, 0.5) is 0 Å². The van der Waals surface area contributed by atoms with E-state index in [2.05, 4.69) is 22.1 Å². The van der Waals surface area contributed by atoms with E-state index >= 15 is 0 Å². The highest BCUT2D eigenvalue weighted by Gasteiger charge is 2.46. The molecular formula is C22H32N4O2. The van der Waals surface area contributed by atoms with Crippen LogP contribution in [0.5, 0.6) is 0 Å². The molecule has 0 unspecified atom stereocenters. The third kappa shape index (κ3) is 3.59. The Kier molecular flexibility index (Phi) is 5.91. The van der Waals surface area contributed by atoms with Gasteiger partial charge < -0.3 is 10.0 Å². The number of hydrogen-bond donors (Lipinski definition) is 1. The van der Waals surface area contributed by atoms with E-state index in [0.29, 0.717) is 32.4 Å². The Hall–Kier alpha value is -2.18. The largest absolute Gasteiger partial charge is 0.389 e. The molecule has 3 rings (SSSR count). The van der Waals surface area contributed by atoms with Gasteiger partial charge in [0, 0.05) is 32.3 Å². The molecule has 1 aliphatic rings. The summed E-state index contributed by atoms with van der Waals surface area (Å²) in [6.07, 6.45) is 1.21. The van der Waals surface area contributed by atoms with Crippen LogP contribution in [0.2, 0.25) is 0 Å². The van der Waals surface area contributed by atoms with Gasteiger partial charge in [0.1, 0.15) is 0 Å². The van der Waals surface area contributed by atoms with Crippen molar-refractivity contribution in [3.05, 3.63) is 52.8 Å². The van der Waals surface area contributed by atoms with Crippen LogP contribution in [0, 0.1) is 13.8 Å². The molecule has 6 heteroatoms. The molecule has 0 radical (unpaired) electrons. The van der Waals surface area contributed by atoms with Crippen molar-refractivity contribution >= 4 is 5.91 Å². The van der Waals surface area contributed by atoms with E-state index in [-0.39, 0.29) is 5.91 Å². The molecule has 28 heavy (non-hydrogen) atoms. The summed E-state index contributed by atoms with van der Waals surface area (Å²) in [5.41, 5.74) is 3.89. The van der Waals surface area contributed by atoms with Crippen molar-refractivity contribution in [1.29, 1.82) is 0 Å². The molecule has 0 aliphatic carbocycles. The number of aryl methyl sites for hydroxylation is 2. The average Bonchev–Trinajstić information content (AvgIpc) is 2.92. The van der Waals surface area contributed by atoms with Gasteiger partial charge in [0.25, 0.3) is 0 Å². The summed E-state index contributed by atoms with van der Waals surface area (Å²) in [4.78, 5) is 16.7. The molecule has 1 aliphatic heterocycles. The molecule has 1 aromatic heterocycles. The first-order valence-electron chi connectivity index (χ1n) is 9.95. The zero-order valence-corrected chi connectivity index (χ0v) is 17.6. The van der Waals surface area contributed by atoms with Gasteiger partial charge >= 0.3 is 0 Å². The Labute approximate surface area is 167 Å². The summed E-state index contributed by atoms with van der Waals surface area (Å²) in [6, 6.07) is 10.1. The van der Waals surface area contributed by atoms with Gasteiger partial charge in [0.05, 0.1) is 17.3 Å². The number of aliphatic hydroxyl groups is 1. The number of aromatic nitrogens is 2. The number of amides is 1. The summed E-state index contributed by atoms with van der Waals surface area (Å²) < 4.78 is 1.87. The monoisotopic (exact) mass is 384 g/mol. The van der Waals surface area contributed by atoms with E-state index in [1.165, 1.54) is 0 Å². The van der Waals surface area contributed by atoms with Crippen LogP contribution in [-0.4, -0.2) is 63.9 Å². The molecule has 1 N–H and O–H groups in total. The third-order valence-corrected chi connectivity index (χ3v) is 6.38. The first kappa shape index (κ1) is 20.6. The van der Waals surface area contributed by atoms with Gasteiger partial charge in [-0.2, -0.15) is 5.10 Å². The van der Waals surface area contributed by atoms with Crippen molar-refractivity contribution in [2.24, 2.45) is 7.05 Å². The molecule has 0 spiro atoms. The molecular weight excluding hydrogens is 352 g/mol. The maximum Gasteiger partial charge on any atom is 0.222 e. The van der Waals surface area contributed by atoms with Gasteiger partial charge in [-0.3, -0.25) is 14.4 Å². The maximum atomic E-state index is 12.8. The first-order valence-corrected chi connectivity index (χ1v) is 9.95. The van der Waals surface area contributed by atoms with Crippen LogP contribution >= 0.6 is 0 Å². The molecule has 0 bridgehead atoms. The number of β-amino-alcohol motifs (C(OH)–C–C–N with tert-alkyl or cyclic N) is 1. The van der Waals surface area contributed by atoms with E-state index in [1.807, 2.05) is 62.8 Å². The van der Waals surface area contributed by atoms with Crippen LogP contribution in [0.3, 0.4) is 0 Å². The van der Waals surface area contributed by atoms with Crippen molar-refractivity contribution in [2.75, 3.05) is 27.2 Å². The quantitative estimate of drug-likeness (QED) is 0.857. The Bertz CT molecular complexity index is 831. The summed E-state index contributed by atoms with van der Waals surface area (Å²) in [5.74, 6) is 0.0992. The highest BCUT2D eigenvalue weighted by atomic mass is 16.3. The topological polar surface area (TPSA) is 61.6 Å². The molecule has 2 aromatic rings. The molecule has 1 saturated heterocycles. The van der Waals surface area contributed by atoms with Crippen molar-refractivity contribution in [2.45, 2.75) is 44.8 Å². The van der Waals surface area contributed by atoms with Crippen LogP contribution in [-0.2, 0) is 23.8 Å². The Balaban J connectivity index is 1.69. The van der Waals surface area contributed by atoms with E-state index < -0.39 is 11.6 Å². The number of rotatable bonds is 5. The number of benzene rings is 1. The van der Waals surface area contributed by atoms with Gasteiger partial charge in [-0.25, -0.2) is 0 Å². The fourth-order valence-electron chi connectivity index (χ4n) is 4.56. The SMILES string of the molecule is Cc1nn(C)c(C)c1CCC(=O)N1CC[C@@](c2ccccc2)(N(C)C)[C@H](O)C1. The van der Waals surface area contributed by atoms with Crippen molar-refractivity contribution in [3.8, 4) is 0 Å². The second kappa shape index (κ2) is 8.05. The number of nitrogens with zero attached hydrogens (tertiary/aromatic N) is 4. The molecule has 6 nitrogen and oxygen atoms in total. The third-order valence-electron chi connectivity index (χ3n) is 6.38. The van der Waals surface area contributed by atoms with Crippen molar-refractivity contribution in [1.82, 2.24) is 19.6 Å². The smallest absolute Gasteiger partial charge is 0.222 e. The molecule has 2 atom stereocenters. The number of aliphatic hydroxyl groups excluding tert-OH is 1. The summed E-state index contributed by atoms with van der Waals surface area (Å²) >= 11 is 0. The standard InChI is InChI=1S/C22H32N4O2/c1-16-19(17(2)25(5)23-16)11-12-21(28)26-14-13-22(24(3)4,20(27)15-26)18-9-7-6-8-10-18/h6-10,20,27H,11-15H2,1-5H3/t20-,22+/m1/s1. The molecule has 1 fully saturated rings. The lowest BCUT2D eigenvalue weighted by atomic mass is 9.77. The number of carbonyl (C=O) groups excluding carboxylic acids is 1. The Morgan fingerprint density at radius 1 is 1.29 bits per heavy atom. The number of piperidine rings is 1. The van der Waals surface area contributed by atoms with E-state index in [1.54, 1.807) is 0 Å². The summed E-state index contributed by atoms with van der Waals surface area (Å²) in [6.45, 7) is 5.03. The molecule has 2 heterocycles. The minimum absolute atomic E-state index is 0.0992. The number of likely N-dealkylation sites (N-methyl/N-ethyl adjacent to an activating group) is 1. The van der Waals surface area contributed by atoms with Crippen molar-refractivity contribution in [3.63, 3.8) is 0 Å². The van der Waals surface area contributed by atoms with Crippen LogP contribution in [0.25, 0.3) is 0 Å². The van der Waals surface area contributed by atoms with E-state index in [9.17, 15) is 9.90 Å². The highest BCUT2D eigenvalue weighted by molar-refractivity contribution is 5.76. The number of carbonyl (C=O) groups is 1. The molecule has 0 saturated carbocycles. The zero-order chi connectivity index (χ0) is 20.5. The van der Waals surface area contributed by atoms with Gasteiger partial charge in [0.2, 0.25) is 5.91 Å². The second-order valence-corrected chi connectivity index (χ2v) is 8.06. The highest BCUT2D eigenvalue weighted by Crippen LogP contribution is 2.37. The molecule has 152 valence electrons. The molecule has 1 aromatic carbocycles. The predicted molar refractivity (Wildman–Crippen MR) is 110 cm³/mol. The molecule has 1 amide bonds. The summed E-state index contributed by atoms with van der Waals surface area (Å²) in [7, 11) is 5.93. The van der Waals surface area contributed by atoms with Crippen LogP contribution in [0.15, 0.2) is 30.3 Å². The van der Waals surface area contributed by atoms with E-state index in [0.717, 1.165) is 22.5 Å². The van der Waals surface area contributed by atoms with Gasteiger partial charge in [-0.05, 0) is 51.9 Å². The number of likely N-dealkylation sites (tertiary alicyclic amines) is 1. The lowest BCUT2D eigenvalue weighted by Gasteiger charge is -2.49. The van der Waals surface area contributed by atoms with Gasteiger partial charge in [0.15, 0.2) is 0 Å². The maximum absolute atomic E-state index is 12.8. The second-order valence-electron chi connectivity index (χ2n) is 8.06.